The third kappa shape index (κ3) is 8.05. The van der Waals surface area contributed by atoms with E-state index in [0.717, 1.165) is 24.2 Å². The van der Waals surface area contributed by atoms with Crippen LogP contribution in [0.15, 0.2) is 109 Å². The predicted molar refractivity (Wildman–Crippen MR) is 213 cm³/mol. The Morgan fingerprint density at radius 3 is 1.71 bits per heavy atom. The van der Waals surface area contributed by atoms with Crippen molar-refractivity contribution in [1.29, 1.82) is 0 Å². The topological polar surface area (TPSA) is 0 Å². The van der Waals surface area contributed by atoms with Crippen molar-refractivity contribution in [3.05, 3.63) is 154 Å². The summed E-state index contributed by atoms with van der Waals surface area (Å²) in [4.78, 5) is 0. The molecule has 0 N–H and O–H groups in total. The van der Waals surface area contributed by atoms with Gasteiger partial charge in [-0.25, -0.2) is 6.08 Å². The van der Waals surface area contributed by atoms with Gasteiger partial charge >= 0.3 is 99.2 Å². The maximum atomic E-state index is 3.53. The van der Waals surface area contributed by atoms with Gasteiger partial charge in [-0.15, -0.1) is 5.56 Å². The van der Waals surface area contributed by atoms with E-state index in [1.165, 1.54) is 91.2 Å². The van der Waals surface area contributed by atoms with Crippen LogP contribution in [0.1, 0.15) is 120 Å². The summed E-state index contributed by atoms with van der Waals surface area (Å²) in [5.74, 6) is 3.77. The molecule has 6 aliphatic rings. The SMILES string of the molecule is CC(C)(C)c1c[c-]c2c(c1)-c1cc(C(C)(C)C)ccc1C2.CC1[C-]=CC(C23CC4CC(CC(C4)C2)C3)=C1.[Zr+2]=[C](c1ccccc1)c1ccccc1. The van der Waals surface area contributed by atoms with Gasteiger partial charge in [0.25, 0.3) is 0 Å². The summed E-state index contributed by atoms with van der Waals surface area (Å²) in [7, 11) is 0. The van der Waals surface area contributed by atoms with Crippen molar-refractivity contribution < 1.29 is 24.2 Å². The van der Waals surface area contributed by atoms with E-state index in [2.05, 4.69) is 164 Å². The fraction of sp³-hybridized carbons (Fsp3) is 0.420. The molecular weight excluding hydrogens is 692 g/mol. The fourth-order valence-corrected chi connectivity index (χ4v) is 10.6. The van der Waals surface area contributed by atoms with E-state index >= 15 is 0 Å². The number of fused-ring (bicyclic) bond motifs is 3. The molecular formula is C50H56Zr. The molecule has 0 aromatic heterocycles. The Kier molecular flexibility index (Phi) is 10.4. The molecule has 0 spiro atoms. The normalized spacial score (nSPS) is 25.2. The van der Waals surface area contributed by atoms with Crippen molar-refractivity contribution in [2.75, 3.05) is 0 Å². The second-order valence-corrected chi connectivity index (χ2v) is 19.6. The number of allylic oxidation sites excluding steroid dienone is 4. The molecule has 0 saturated heterocycles. The summed E-state index contributed by atoms with van der Waals surface area (Å²) >= 11 is 1.46. The third-order valence-electron chi connectivity index (χ3n) is 12.2. The van der Waals surface area contributed by atoms with Crippen LogP contribution in [-0.2, 0) is 41.5 Å². The van der Waals surface area contributed by atoms with Crippen LogP contribution in [0.5, 0.6) is 0 Å². The van der Waals surface area contributed by atoms with Crippen LogP contribution < -0.4 is 0 Å². The van der Waals surface area contributed by atoms with Crippen molar-refractivity contribution >= 4 is 3.21 Å². The Morgan fingerprint density at radius 2 is 1.22 bits per heavy atom. The summed E-state index contributed by atoms with van der Waals surface area (Å²) in [5.41, 5.74) is 13.7. The second kappa shape index (κ2) is 14.5. The van der Waals surface area contributed by atoms with Crippen molar-refractivity contribution in [3.8, 4) is 11.1 Å². The van der Waals surface area contributed by atoms with Crippen molar-refractivity contribution in [1.82, 2.24) is 0 Å². The van der Waals surface area contributed by atoms with Crippen LogP contribution in [0.4, 0.5) is 0 Å². The predicted octanol–water partition coefficient (Wildman–Crippen LogP) is 12.6. The quantitative estimate of drug-likeness (QED) is 0.161. The van der Waals surface area contributed by atoms with E-state index in [0.29, 0.717) is 11.3 Å². The van der Waals surface area contributed by atoms with Gasteiger partial charge in [-0.1, -0.05) is 114 Å². The third-order valence-corrected chi connectivity index (χ3v) is 13.7. The van der Waals surface area contributed by atoms with Crippen LogP contribution >= 0.6 is 0 Å². The molecule has 6 aliphatic carbocycles. The Labute approximate surface area is 324 Å². The van der Waals surface area contributed by atoms with E-state index in [1.54, 1.807) is 24.8 Å². The van der Waals surface area contributed by atoms with E-state index < -0.39 is 0 Å². The molecule has 4 aromatic carbocycles. The maximum absolute atomic E-state index is 3.53. The molecule has 4 aromatic rings. The number of benzene rings is 4. The first-order valence-electron chi connectivity index (χ1n) is 19.5. The van der Waals surface area contributed by atoms with Gasteiger partial charge < -0.3 is 0 Å². The molecule has 4 saturated carbocycles. The van der Waals surface area contributed by atoms with Crippen molar-refractivity contribution in [2.45, 2.75) is 104 Å². The standard InChI is InChI=1S/C21H25.C16H21.C13H10.Zr/c1-20(2,3)16-9-7-14-11-15-8-10-17(21(4,5)6)13-19(15)18(14)12-16;1-11-2-3-15(4-11)16-8-12-5-13(9-16)7-14(6-12)10-16;1-3-7-12(8-4-1)11-13-9-5-2-6-10-13;/h7,9-10,12-13H,11H2,1-6H3;3-4,11-14H,5-10H2,1H3;1-10H;/q2*-1;;+2. The van der Waals surface area contributed by atoms with E-state index in [9.17, 15) is 0 Å². The number of hydrogen-bond acceptors (Lipinski definition) is 0. The van der Waals surface area contributed by atoms with Gasteiger partial charge in [0.2, 0.25) is 0 Å². The van der Waals surface area contributed by atoms with E-state index in [4.69, 9.17) is 0 Å². The Bertz CT molecular complexity index is 1790. The van der Waals surface area contributed by atoms with Gasteiger partial charge in [-0.05, 0) is 54.4 Å². The zero-order chi connectivity index (χ0) is 36.0. The summed E-state index contributed by atoms with van der Waals surface area (Å²) < 4.78 is 1.42. The molecule has 260 valence electrons. The minimum absolute atomic E-state index is 0.177. The summed E-state index contributed by atoms with van der Waals surface area (Å²) in [6.07, 6.45) is 18.5. The summed E-state index contributed by atoms with van der Waals surface area (Å²) in [6.45, 7) is 15.9. The minimum atomic E-state index is 0.177. The zero-order valence-corrected chi connectivity index (χ0v) is 34.5. The Balaban J connectivity index is 0.000000122. The van der Waals surface area contributed by atoms with E-state index in [-0.39, 0.29) is 10.8 Å². The molecule has 0 radical (unpaired) electrons. The molecule has 1 atom stereocenters. The van der Waals surface area contributed by atoms with Crippen LogP contribution in [-0.4, -0.2) is 3.21 Å². The average molecular weight is 748 g/mol. The van der Waals surface area contributed by atoms with Crippen molar-refractivity contribution in [3.63, 3.8) is 0 Å². The Morgan fingerprint density at radius 1 is 0.686 bits per heavy atom. The first-order valence-corrected chi connectivity index (χ1v) is 20.7. The molecule has 4 fully saturated rings. The van der Waals surface area contributed by atoms with Gasteiger partial charge in [-0.2, -0.15) is 41.0 Å². The molecule has 0 aliphatic heterocycles. The van der Waals surface area contributed by atoms with Crippen LogP contribution in [0.2, 0.25) is 0 Å². The van der Waals surface area contributed by atoms with Crippen molar-refractivity contribution in [2.24, 2.45) is 29.1 Å². The van der Waals surface area contributed by atoms with Crippen LogP contribution in [0.25, 0.3) is 11.1 Å². The molecule has 51 heavy (non-hydrogen) atoms. The molecule has 4 bridgehead atoms. The average Bonchev–Trinajstić information content (AvgIpc) is 3.71. The van der Waals surface area contributed by atoms with Gasteiger partial charge in [0.1, 0.15) is 0 Å². The number of hydrogen-bond donors (Lipinski definition) is 0. The second-order valence-electron chi connectivity index (χ2n) is 18.4. The van der Waals surface area contributed by atoms with Crippen LogP contribution in [0.3, 0.4) is 0 Å². The zero-order valence-electron chi connectivity index (χ0n) is 32.1. The summed E-state index contributed by atoms with van der Waals surface area (Å²) in [6, 6.07) is 36.2. The number of rotatable bonds is 3. The first-order chi connectivity index (χ1) is 24.3. The molecule has 0 heterocycles. The van der Waals surface area contributed by atoms with Gasteiger partial charge in [0.05, 0.1) is 0 Å². The Hall–Kier alpha value is -2.89. The molecule has 10 rings (SSSR count). The molecule has 1 unspecified atom stereocenters. The summed E-state index contributed by atoms with van der Waals surface area (Å²) in [5, 5.41) is 0. The monoisotopic (exact) mass is 746 g/mol. The molecule has 0 amide bonds. The molecule has 0 nitrogen and oxygen atoms in total. The molecule has 1 heteroatoms. The van der Waals surface area contributed by atoms with E-state index in [1.807, 2.05) is 0 Å². The van der Waals surface area contributed by atoms with Gasteiger partial charge in [0, 0.05) is 0 Å². The van der Waals surface area contributed by atoms with Crippen LogP contribution in [0, 0.1) is 41.2 Å². The first kappa shape index (κ1) is 36.5. The van der Waals surface area contributed by atoms with Gasteiger partial charge in [0.15, 0.2) is 0 Å². The van der Waals surface area contributed by atoms with Gasteiger partial charge in [-0.3, -0.25) is 6.08 Å². The fourth-order valence-electron chi connectivity index (χ4n) is 9.74.